The molecule has 0 amide bonds. The van der Waals surface area contributed by atoms with Crippen molar-refractivity contribution in [1.29, 1.82) is 0 Å². The number of carbonyl (C=O) groups is 1. The van der Waals surface area contributed by atoms with Gasteiger partial charge in [0.2, 0.25) is 0 Å². The molecule has 4 rings (SSSR count). The number of hydrogen-bond donors (Lipinski definition) is 1. The molecule has 3 aromatic rings. The lowest BCUT2D eigenvalue weighted by molar-refractivity contribution is 0.0599. The maximum absolute atomic E-state index is 13.5. The number of piperazine rings is 1. The molecule has 0 unspecified atom stereocenters. The van der Waals surface area contributed by atoms with Crippen molar-refractivity contribution < 1.29 is 13.9 Å². The van der Waals surface area contributed by atoms with Crippen LogP contribution in [0.5, 0.6) is 0 Å². The maximum Gasteiger partial charge on any atom is 0.345 e. The van der Waals surface area contributed by atoms with E-state index in [-0.39, 0.29) is 17.9 Å². The predicted octanol–water partition coefficient (Wildman–Crippen LogP) is 2.69. The van der Waals surface area contributed by atoms with Gasteiger partial charge in [0.25, 0.3) is 5.56 Å². The van der Waals surface area contributed by atoms with Crippen LogP contribution < -0.4 is 15.8 Å². The first-order valence-electron chi connectivity index (χ1n) is 9.95. The molecular formula is C23H24FN3O3. The fourth-order valence-corrected chi connectivity index (χ4v) is 3.99. The third kappa shape index (κ3) is 3.68. The molecule has 1 saturated heterocycles. The number of rotatable bonds is 4. The molecule has 7 heteroatoms. The van der Waals surface area contributed by atoms with Crippen molar-refractivity contribution in [2.75, 3.05) is 38.2 Å². The second kappa shape index (κ2) is 8.28. The molecule has 1 aliphatic heterocycles. The Morgan fingerprint density at radius 2 is 1.83 bits per heavy atom. The minimum absolute atomic E-state index is 0.0413. The number of hydrogen-bond acceptors (Lipinski definition) is 5. The van der Waals surface area contributed by atoms with Gasteiger partial charge in [-0.2, -0.15) is 0 Å². The molecule has 0 spiro atoms. The summed E-state index contributed by atoms with van der Waals surface area (Å²) in [6, 6.07) is 11.9. The van der Waals surface area contributed by atoms with Gasteiger partial charge in [0.15, 0.2) is 0 Å². The van der Waals surface area contributed by atoms with E-state index in [0.29, 0.717) is 18.8 Å². The van der Waals surface area contributed by atoms with Gasteiger partial charge in [0.05, 0.1) is 24.9 Å². The van der Waals surface area contributed by atoms with Gasteiger partial charge >= 0.3 is 5.97 Å². The highest BCUT2D eigenvalue weighted by atomic mass is 19.1. The van der Waals surface area contributed by atoms with E-state index in [1.165, 1.54) is 19.2 Å². The van der Waals surface area contributed by atoms with Gasteiger partial charge in [-0.25, -0.2) is 9.18 Å². The van der Waals surface area contributed by atoms with Gasteiger partial charge in [0.1, 0.15) is 11.4 Å². The number of nitrogens with one attached hydrogen (secondary N) is 1. The molecule has 6 nitrogen and oxygen atoms in total. The zero-order valence-electron chi connectivity index (χ0n) is 17.1. The number of methoxy groups -OCH3 is 1. The highest BCUT2D eigenvalue weighted by Crippen LogP contribution is 2.31. The second-order valence-corrected chi connectivity index (χ2v) is 7.49. The van der Waals surface area contributed by atoms with E-state index in [9.17, 15) is 14.0 Å². The van der Waals surface area contributed by atoms with Crippen LogP contribution in [-0.4, -0.2) is 43.8 Å². The number of nitrogens with zero attached hydrogens (tertiary/aromatic N) is 2. The Kier molecular flexibility index (Phi) is 5.55. The SMILES string of the molecule is COC(=O)c1c(N2CCNCC2)c2cc(C)ccc2n(Cc2ccc(F)cc2)c1=O. The van der Waals surface area contributed by atoms with Crippen molar-refractivity contribution in [1.82, 2.24) is 9.88 Å². The number of aromatic nitrogens is 1. The van der Waals surface area contributed by atoms with E-state index >= 15 is 0 Å². The van der Waals surface area contributed by atoms with Crippen LogP contribution in [0.3, 0.4) is 0 Å². The summed E-state index contributed by atoms with van der Waals surface area (Å²) in [6.07, 6.45) is 0. The first-order valence-corrected chi connectivity index (χ1v) is 9.95. The van der Waals surface area contributed by atoms with Gasteiger partial charge < -0.3 is 19.5 Å². The number of ether oxygens (including phenoxy) is 1. The zero-order chi connectivity index (χ0) is 21.3. The minimum Gasteiger partial charge on any atom is -0.465 e. The number of pyridine rings is 1. The molecular weight excluding hydrogens is 385 g/mol. The summed E-state index contributed by atoms with van der Waals surface area (Å²) in [7, 11) is 1.29. The third-order valence-electron chi connectivity index (χ3n) is 5.47. The van der Waals surface area contributed by atoms with E-state index in [4.69, 9.17) is 4.74 Å². The standard InChI is InChI=1S/C23H24FN3O3/c1-15-3-8-19-18(13-15)21(26-11-9-25-10-12-26)20(23(29)30-2)22(28)27(19)14-16-4-6-17(24)7-5-16/h3-8,13,25H,9-12,14H2,1-2H3. The van der Waals surface area contributed by atoms with Gasteiger partial charge in [-0.3, -0.25) is 4.79 Å². The van der Waals surface area contributed by atoms with E-state index in [2.05, 4.69) is 10.2 Å². The van der Waals surface area contributed by atoms with Crippen LogP contribution in [0.2, 0.25) is 0 Å². The zero-order valence-corrected chi connectivity index (χ0v) is 17.1. The normalized spacial score (nSPS) is 14.2. The van der Waals surface area contributed by atoms with Crippen molar-refractivity contribution in [3.05, 3.63) is 75.3 Å². The number of fused-ring (bicyclic) bond motifs is 1. The number of carbonyl (C=O) groups excluding carboxylic acids is 1. The highest BCUT2D eigenvalue weighted by Gasteiger charge is 2.27. The fraction of sp³-hybridized carbons (Fsp3) is 0.304. The smallest absolute Gasteiger partial charge is 0.345 e. The summed E-state index contributed by atoms with van der Waals surface area (Å²) in [5.74, 6) is -0.985. The summed E-state index contributed by atoms with van der Waals surface area (Å²) in [6.45, 7) is 5.13. The first kappa shape index (κ1) is 20.1. The Morgan fingerprint density at radius 1 is 1.13 bits per heavy atom. The largest absolute Gasteiger partial charge is 0.465 e. The minimum atomic E-state index is -0.648. The number of esters is 1. The number of aryl methyl sites for hydroxylation is 1. The summed E-state index contributed by atoms with van der Waals surface area (Å²) >= 11 is 0. The lowest BCUT2D eigenvalue weighted by Crippen LogP contribution is -2.45. The van der Waals surface area contributed by atoms with E-state index in [1.54, 1.807) is 16.7 Å². The van der Waals surface area contributed by atoms with Gasteiger partial charge in [-0.05, 0) is 36.8 Å². The van der Waals surface area contributed by atoms with Crippen LogP contribution >= 0.6 is 0 Å². The molecule has 2 heterocycles. The molecule has 1 aromatic heterocycles. The third-order valence-corrected chi connectivity index (χ3v) is 5.47. The molecule has 156 valence electrons. The Labute approximate surface area is 173 Å². The maximum atomic E-state index is 13.5. The number of benzene rings is 2. The molecule has 30 heavy (non-hydrogen) atoms. The van der Waals surface area contributed by atoms with E-state index < -0.39 is 11.5 Å². The van der Waals surface area contributed by atoms with Crippen molar-refractivity contribution in [2.24, 2.45) is 0 Å². The van der Waals surface area contributed by atoms with Crippen molar-refractivity contribution in [3.63, 3.8) is 0 Å². The summed E-state index contributed by atoms with van der Waals surface area (Å²) < 4.78 is 19.9. The Balaban J connectivity index is 2.00. The molecule has 1 fully saturated rings. The van der Waals surface area contributed by atoms with Crippen LogP contribution in [0.4, 0.5) is 10.1 Å². The summed E-state index contributed by atoms with van der Waals surface area (Å²) in [5.41, 5.74) is 2.79. The van der Waals surface area contributed by atoms with Gasteiger partial charge in [-0.15, -0.1) is 0 Å². The molecule has 0 atom stereocenters. The molecule has 0 aliphatic carbocycles. The van der Waals surface area contributed by atoms with Crippen LogP contribution in [0.15, 0.2) is 47.3 Å². The molecule has 0 bridgehead atoms. The topological polar surface area (TPSA) is 63.6 Å². The number of anilines is 1. The highest BCUT2D eigenvalue weighted by molar-refractivity contribution is 6.05. The fourth-order valence-electron chi connectivity index (χ4n) is 3.99. The lowest BCUT2D eigenvalue weighted by atomic mass is 10.0. The molecule has 0 radical (unpaired) electrons. The molecule has 2 aromatic carbocycles. The van der Waals surface area contributed by atoms with Crippen LogP contribution in [-0.2, 0) is 11.3 Å². The second-order valence-electron chi connectivity index (χ2n) is 7.49. The number of halogens is 1. The van der Waals surface area contributed by atoms with Crippen LogP contribution in [0.1, 0.15) is 21.5 Å². The Morgan fingerprint density at radius 3 is 2.50 bits per heavy atom. The van der Waals surface area contributed by atoms with E-state index in [0.717, 1.165) is 35.1 Å². The van der Waals surface area contributed by atoms with Gasteiger partial charge in [0, 0.05) is 31.6 Å². The van der Waals surface area contributed by atoms with Crippen LogP contribution in [0, 0.1) is 12.7 Å². The molecule has 0 saturated carbocycles. The van der Waals surface area contributed by atoms with Crippen LogP contribution in [0.25, 0.3) is 10.9 Å². The Bertz CT molecular complexity index is 1150. The van der Waals surface area contributed by atoms with E-state index in [1.807, 2.05) is 25.1 Å². The predicted molar refractivity (Wildman–Crippen MR) is 115 cm³/mol. The van der Waals surface area contributed by atoms with Gasteiger partial charge in [-0.1, -0.05) is 23.8 Å². The summed E-state index contributed by atoms with van der Waals surface area (Å²) in [5, 5.41) is 4.13. The van der Waals surface area contributed by atoms with Crippen molar-refractivity contribution in [3.8, 4) is 0 Å². The Hall–Kier alpha value is -3.19. The average Bonchev–Trinajstić information content (AvgIpc) is 2.76. The van der Waals surface area contributed by atoms with Crippen molar-refractivity contribution >= 4 is 22.6 Å². The van der Waals surface area contributed by atoms with Crippen molar-refractivity contribution in [2.45, 2.75) is 13.5 Å². The average molecular weight is 409 g/mol. The summed E-state index contributed by atoms with van der Waals surface area (Å²) in [4.78, 5) is 28.4. The first-order chi connectivity index (χ1) is 14.5. The molecule has 1 aliphatic rings. The lowest BCUT2D eigenvalue weighted by Gasteiger charge is -2.32. The monoisotopic (exact) mass is 409 g/mol. The quantitative estimate of drug-likeness (QED) is 0.672. The molecule has 1 N–H and O–H groups in total.